The number of carboxylic acids is 1. The molecule has 0 bridgehead atoms. The first kappa shape index (κ1) is 9.96. The van der Waals surface area contributed by atoms with Crippen molar-refractivity contribution < 1.29 is 9.90 Å². The Labute approximate surface area is 97.2 Å². The fourth-order valence-electron chi connectivity index (χ4n) is 1.23. The maximum atomic E-state index is 10.9. The van der Waals surface area contributed by atoms with E-state index in [-0.39, 0.29) is 5.56 Å². The Balaban J connectivity index is 2.89. The van der Waals surface area contributed by atoms with E-state index in [0.717, 1.165) is 10.1 Å². The molecule has 72 valence electrons. The number of rotatable bonds is 1. The number of aromatic carboxylic acids is 1. The number of hydrogen-bond donors (Lipinski definition) is 1. The minimum absolute atomic E-state index is 0.126. The molecular weight excluding hydrogens is 288 g/mol. The van der Waals surface area contributed by atoms with Gasteiger partial charge < -0.3 is 5.11 Å². The molecule has 14 heavy (non-hydrogen) atoms. The molecular formula is C9H4BrClO2S. The Kier molecular flexibility index (Phi) is 2.51. The van der Waals surface area contributed by atoms with Gasteiger partial charge in [0.25, 0.3) is 0 Å². The van der Waals surface area contributed by atoms with E-state index in [1.807, 2.05) is 11.4 Å². The number of fused-ring (bicyclic) bond motifs is 1. The third-order valence-electron chi connectivity index (χ3n) is 1.85. The molecule has 2 rings (SSSR count). The molecule has 2 aromatic rings. The minimum Gasteiger partial charge on any atom is -0.478 e. The second kappa shape index (κ2) is 3.53. The van der Waals surface area contributed by atoms with Crippen LogP contribution in [-0.2, 0) is 0 Å². The highest BCUT2D eigenvalue weighted by Gasteiger charge is 2.16. The molecule has 0 atom stereocenters. The SMILES string of the molecule is O=C(O)c1c(Br)cc2ccsc2c1Cl. The fourth-order valence-corrected chi connectivity index (χ4v) is 3.21. The zero-order valence-electron chi connectivity index (χ0n) is 6.75. The predicted octanol–water partition coefficient (Wildman–Crippen LogP) is 4.02. The number of carbonyl (C=O) groups is 1. The quantitative estimate of drug-likeness (QED) is 0.862. The Morgan fingerprint density at radius 1 is 1.57 bits per heavy atom. The lowest BCUT2D eigenvalue weighted by Crippen LogP contribution is -1.98. The summed E-state index contributed by atoms with van der Waals surface area (Å²) in [5.74, 6) is -1.02. The summed E-state index contributed by atoms with van der Waals surface area (Å²) in [7, 11) is 0. The van der Waals surface area contributed by atoms with E-state index >= 15 is 0 Å². The average Bonchev–Trinajstić information content (AvgIpc) is 2.50. The standard InChI is InChI=1S/C9H4BrClO2S/c10-5-3-4-1-2-14-8(4)7(11)6(5)9(12)13/h1-3H,(H,12,13). The Morgan fingerprint density at radius 2 is 2.29 bits per heavy atom. The summed E-state index contributed by atoms with van der Waals surface area (Å²) in [6, 6.07) is 3.67. The minimum atomic E-state index is -1.02. The number of hydrogen-bond acceptors (Lipinski definition) is 2. The van der Waals surface area contributed by atoms with Crippen LogP contribution in [-0.4, -0.2) is 11.1 Å². The Hall–Kier alpha value is -0.580. The molecule has 0 aliphatic carbocycles. The molecule has 0 unspecified atom stereocenters. The van der Waals surface area contributed by atoms with Gasteiger partial charge in [-0.25, -0.2) is 4.79 Å². The van der Waals surface area contributed by atoms with Gasteiger partial charge in [0.1, 0.15) is 0 Å². The van der Waals surface area contributed by atoms with Crippen molar-refractivity contribution in [3.63, 3.8) is 0 Å². The van der Waals surface area contributed by atoms with Crippen molar-refractivity contribution in [2.24, 2.45) is 0 Å². The van der Waals surface area contributed by atoms with E-state index in [0.29, 0.717) is 9.50 Å². The smallest absolute Gasteiger partial charge is 0.338 e. The van der Waals surface area contributed by atoms with Crippen LogP contribution in [0, 0.1) is 0 Å². The Bertz CT molecular complexity index is 521. The summed E-state index contributed by atoms with van der Waals surface area (Å²) in [5.41, 5.74) is 0.126. The molecule has 0 aliphatic rings. The lowest BCUT2D eigenvalue weighted by molar-refractivity contribution is 0.0696. The van der Waals surface area contributed by atoms with Gasteiger partial charge in [0.05, 0.1) is 15.3 Å². The van der Waals surface area contributed by atoms with Crippen molar-refractivity contribution >= 4 is 54.9 Å². The van der Waals surface area contributed by atoms with E-state index in [4.69, 9.17) is 16.7 Å². The van der Waals surface area contributed by atoms with Gasteiger partial charge in [-0.3, -0.25) is 0 Å². The first-order chi connectivity index (χ1) is 6.61. The normalized spacial score (nSPS) is 10.7. The van der Waals surface area contributed by atoms with Crippen LogP contribution in [0.15, 0.2) is 22.0 Å². The number of thiophene rings is 1. The third kappa shape index (κ3) is 1.43. The fraction of sp³-hybridized carbons (Fsp3) is 0. The lowest BCUT2D eigenvalue weighted by Gasteiger charge is -2.02. The summed E-state index contributed by atoms with van der Waals surface area (Å²) in [6.45, 7) is 0. The number of carboxylic acid groups (broad SMARTS) is 1. The second-order valence-corrected chi connectivity index (χ2v) is 4.84. The molecule has 0 radical (unpaired) electrons. The van der Waals surface area contributed by atoms with Gasteiger partial charge in [0.2, 0.25) is 0 Å². The summed E-state index contributed by atoms with van der Waals surface area (Å²) in [4.78, 5) is 10.9. The third-order valence-corrected chi connectivity index (χ3v) is 3.91. The molecule has 0 spiro atoms. The van der Waals surface area contributed by atoms with E-state index in [2.05, 4.69) is 15.9 Å². The number of halogens is 2. The van der Waals surface area contributed by atoms with Crippen LogP contribution in [0.25, 0.3) is 10.1 Å². The van der Waals surface area contributed by atoms with E-state index < -0.39 is 5.97 Å². The topological polar surface area (TPSA) is 37.3 Å². The highest BCUT2D eigenvalue weighted by Crippen LogP contribution is 2.36. The van der Waals surface area contributed by atoms with Gasteiger partial charge in [-0.15, -0.1) is 11.3 Å². The Morgan fingerprint density at radius 3 is 2.93 bits per heavy atom. The first-order valence-corrected chi connectivity index (χ1v) is 5.75. The molecule has 2 nitrogen and oxygen atoms in total. The van der Waals surface area contributed by atoms with Gasteiger partial charge in [0, 0.05) is 4.47 Å². The van der Waals surface area contributed by atoms with Gasteiger partial charge in [-0.05, 0) is 38.8 Å². The van der Waals surface area contributed by atoms with Crippen molar-refractivity contribution in [2.45, 2.75) is 0 Å². The van der Waals surface area contributed by atoms with Crippen LogP contribution in [0.5, 0.6) is 0 Å². The number of benzene rings is 1. The monoisotopic (exact) mass is 290 g/mol. The first-order valence-electron chi connectivity index (χ1n) is 3.69. The van der Waals surface area contributed by atoms with Gasteiger partial charge in [-0.1, -0.05) is 11.6 Å². The molecule has 1 aromatic carbocycles. The maximum absolute atomic E-state index is 10.9. The summed E-state index contributed by atoms with van der Waals surface area (Å²) >= 11 is 10.6. The van der Waals surface area contributed by atoms with Crippen LogP contribution in [0.3, 0.4) is 0 Å². The van der Waals surface area contributed by atoms with Crippen molar-refractivity contribution in [1.82, 2.24) is 0 Å². The van der Waals surface area contributed by atoms with Gasteiger partial charge >= 0.3 is 5.97 Å². The highest BCUT2D eigenvalue weighted by atomic mass is 79.9. The van der Waals surface area contributed by atoms with Crippen LogP contribution in [0.2, 0.25) is 5.02 Å². The molecule has 0 saturated heterocycles. The molecule has 5 heteroatoms. The van der Waals surface area contributed by atoms with Gasteiger partial charge in [0.15, 0.2) is 0 Å². The van der Waals surface area contributed by atoms with Crippen molar-refractivity contribution in [2.75, 3.05) is 0 Å². The zero-order valence-corrected chi connectivity index (χ0v) is 9.91. The van der Waals surface area contributed by atoms with Crippen LogP contribution in [0.1, 0.15) is 10.4 Å². The maximum Gasteiger partial charge on any atom is 0.338 e. The summed E-state index contributed by atoms with van der Waals surface area (Å²) in [6.07, 6.45) is 0. The van der Waals surface area contributed by atoms with Crippen molar-refractivity contribution in [1.29, 1.82) is 0 Å². The van der Waals surface area contributed by atoms with E-state index in [9.17, 15) is 4.79 Å². The van der Waals surface area contributed by atoms with Crippen LogP contribution < -0.4 is 0 Å². The molecule has 1 aromatic heterocycles. The molecule has 0 fully saturated rings. The molecule has 0 saturated carbocycles. The second-order valence-electron chi connectivity index (χ2n) is 2.69. The van der Waals surface area contributed by atoms with Gasteiger partial charge in [-0.2, -0.15) is 0 Å². The van der Waals surface area contributed by atoms with Crippen molar-refractivity contribution in [3.8, 4) is 0 Å². The zero-order chi connectivity index (χ0) is 10.3. The lowest BCUT2D eigenvalue weighted by atomic mass is 10.2. The largest absolute Gasteiger partial charge is 0.478 e. The summed E-state index contributed by atoms with van der Waals surface area (Å²) in [5, 5.41) is 12.1. The predicted molar refractivity (Wildman–Crippen MR) is 61.5 cm³/mol. The van der Waals surface area contributed by atoms with E-state index in [1.165, 1.54) is 11.3 Å². The van der Waals surface area contributed by atoms with Crippen LogP contribution >= 0.6 is 38.9 Å². The van der Waals surface area contributed by atoms with Crippen LogP contribution in [0.4, 0.5) is 0 Å². The molecule has 1 N–H and O–H groups in total. The highest BCUT2D eigenvalue weighted by molar-refractivity contribution is 9.10. The molecule has 0 aliphatic heterocycles. The average molecular weight is 292 g/mol. The summed E-state index contributed by atoms with van der Waals surface area (Å²) < 4.78 is 1.33. The molecule has 0 amide bonds. The van der Waals surface area contributed by atoms with Crippen molar-refractivity contribution in [3.05, 3.63) is 32.6 Å². The molecule has 1 heterocycles. The van der Waals surface area contributed by atoms with E-state index in [1.54, 1.807) is 6.07 Å².